The van der Waals surface area contributed by atoms with E-state index in [-0.39, 0.29) is 0 Å². The summed E-state index contributed by atoms with van der Waals surface area (Å²) in [6.45, 7) is 3.63. The Morgan fingerprint density at radius 1 is 1.18 bits per heavy atom. The third kappa shape index (κ3) is 5.25. The molecule has 6 heteroatoms. The van der Waals surface area contributed by atoms with Gasteiger partial charge < -0.3 is 0 Å². The van der Waals surface area contributed by atoms with Gasteiger partial charge in [0, 0.05) is 16.2 Å². The van der Waals surface area contributed by atoms with E-state index in [2.05, 4.69) is 41.6 Å². The molecule has 0 atom stereocenters. The van der Waals surface area contributed by atoms with Crippen molar-refractivity contribution in [2.45, 2.75) is 37.3 Å². The standard InChI is InChI=1S/C16H18Br2O4/c1-3-4-6-11(2)15(19)21-22-16(20)13-8-5-7-12(9-17)14(13)10-18/h5-8H,3-4,9-10H2,1-2H3. The van der Waals surface area contributed by atoms with Gasteiger partial charge in [-0.2, -0.15) is 0 Å². The molecule has 0 saturated heterocycles. The van der Waals surface area contributed by atoms with Crippen molar-refractivity contribution in [3.8, 4) is 0 Å². The molecule has 0 aliphatic carbocycles. The van der Waals surface area contributed by atoms with Gasteiger partial charge in [-0.3, -0.25) is 0 Å². The first kappa shape index (κ1) is 18.9. The zero-order chi connectivity index (χ0) is 16.5. The summed E-state index contributed by atoms with van der Waals surface area (Å²) >= 11 is 6.73. The highest BCUT2D eigenvalue weighted by atomic mass is 79.9. The number of benzene rings is 1. The van der Waals surface area contributed by atoms with Gasteiger partial charge in [0.15, 0.2) is 0 Å². The molecule has 0 aromatic heterocycles. The maximum absolute atomic E-state index is 12.1. The van der Waals surface area contributed by atoms with Crippen LogP contribution in [0.1, 0.15) is 48.2 Å². The third-order valence-electron chi connectivity index (χ3n) is 3.02. The second-order valence-corrected chi connectivity index (χ2v) is 5.75. The van der Waals surface area contributed by atoms with E-state index >= 15 is 0 Å². The Kier molecular flexibility index (Phi) is 8.42. The summed E-state index contributed by atoms with van der Waals surface area (Å²) in [6, 6.07) is 5.30. The Hall–Kier alpha value is -1.14. The summed E-state index contributed by atoms with van der Waals surface area (Å²) in [6.07, 6.45) is 3.46. The van der Waals surface area contributed by atoms with E-state index in [0.717, 1.165) is 24.0 Å². The lowest BCUT2D eigenvalue weighted by Gasteiger charge is -2.10. The van der Waals surface area contributed by atoms with E-state index in [4.69, 9.17) is 0 Å². The van der Waals surface area contributed by atoms with Crippen molar-refractivity contribution in [2.24, 2.45) is 0 Å². The van der Waals surface area contributed by atoms with Gasteiger partial charge in [-0.05, 0) is 30.5 Å². The van der Waals surface area contributed by atoms with Crippen molar-refractivity contribution in [1.82, 2.24) is 0 Å². The molecule has 1 aromatic rings. The lowest BCUT2D eigenvalue weighted by molar-refractivity contribution is -0.229. The van der Waals surface area contributed by atoms with Crippen LogP contribution in [0.25, 0.3) is 0 Å². The van der Waals surface area contributed by atoms with Gasteiger partial charge in [0.2, 0.25) is 0 Å². The van der Waals surface area contributed by atoms with Gasteiger partial charge >= 0.3 is 11.9 Å². The number of carbonyl (C=O) groups excluding carboxylic acids is 2. The van der Waals surface area contributed by atoms with Gasteiger partial charge in [-0.15, -0.1) is 0 Å². The fourth-order valence-electron chi connectivity index (χ4n) is 1.74. The van der Waals surface area contributed by atoms with Crippen LogP contribution in [0.3, 0.4) is 0 Å². The van der Waals surface area contributed by atoms with Crippen molar-refractivity contribution < 1.29 is 19.4 Å². The minimum atomic E-state index is -0.686. The summed E-state index contributed by atoms with van der Waals surface area (Å²) in [4.78, 5) is 33.0. The van der Waals surface area contributed by atoms with Crippen molar-refractivity contribution in [1.29, 1.82) is 0 Å². The number of hydrogen-bond acceptors (Lipinski definition) is 4. The quantitative estimate of drug-likeness (QED) is 0.279. The van der Waals surface area contributed by atoms with Crippen molar-refractivity contribution in [2.75, 3.05) is 0 Å². The number of alkyl halides is 2. The van der Waals surface area contributed by atoms with Crippen LogP contribution in [-0.4, -0.2) is 11.9 Å². The first-order chi connectivity index (χ1) is 10.5. The normalized spacial score (nSPS) is 11.2. The predicted octanol–water partition coefficient (Wildman–Crippen LogP) is 4.84. The van der Waals surface area contributed by atoms with Gasteiger partial charge in [0.1, 0.15) is 0 Å². The zero-order valence-electron chi connectivity index (χ0n) is 12.5. The molecule has 0 aliphatic heterocycles. The van der Waals surface area contributed by atoms with Crippen LogP contribution in [0, 0.1) is 0 Å². The molecule has 0 radical (unpaired) electrons. The summed E-state index contributed by atoms with van der Waals surface area (Å²) in [5, 5.41) is 1.12. The van der Waals surface area contributed by atoms with E-state index in [9.17, 15) is 9.59 Å². The molecule has 0 heterocycles. The second kappa shape index (κ2) is 9.79. The number of halogens is 2. The topological polar surface area (TPSA) is 52.6 Å². The van der Waals surface area contributed by atoms with Crippen LogP contribution in [0.5, 0.6) is 0 Å². The van der Waals surface area contributed by atoms with Gasteiger partial charge in [-0.1, -0.05) is 63.4 Å². The average Bonchev–Trinajstić information content (AvgIpc) is 2.55. The number of carbonyl (C=O) groups is 2. The molecule has 0 N–H and O–H groups in total. The molecule has 4 nitrogen and oxygen atoms in total. The predicted molar refractivity (Wildman–Crippen MR) is 91.9 cm³/mol. The van der Waals surface area contributed by atoms with Gasteiger partial charge in [0.25, 0.3) is 0 Å². The van der Waals surface area contributed by atoms with Gasteiger partial charge in [0.05, 0.1) is 5.56 Å². The van der Waals surface area contributed by atoms with Crippen LogP contribution in [0.2, 0.25) is 0 Å². The lowest BCUT2D eigenvalue weighted by atomic mass is 10.0. The monoisotopic (exact) mass is 432 g/mol. The number of hydrogen-bond donors (Lipinski definition) is 0. The fraction of sp³-hybridized carbons (Fsp3) is 0.375. The summed E-state index contributed by atoms with van der Waals surface area (Å²) < 4.78 is 0. The molecule has 0 amide bonds. The lowest BCUT2D eigenvalue weighted by Crippen LogP contribution is -2.14. The average molecular weight is 434 g/mol. The van der Waals surface area contributed by atoms with Crippen LogP contribution < -0.4 is 0 Å². The van der Waals surface area contributed by atoms with E-state index in [1.807, 2.05) is 13.0 Å². The highest BCUT2D eigenvalue weighted by Gasteiger charge is 2.18. The van der Waals surface area contributed by atoms with E-state index < -0.39 is 11.9 Å². The molecule has 0 spiro atoms. The molecule has 0 aliphatic rings. The third-order valence-corrected chi connectivity index (χ3v) is 4.19. The van der Waals surface area contributed by atoms with E-state index in [1.165, 1.54) is 0 Å². The van der Waals surface area contributed by atoms with Crippen LogP contribution >= 0.6 is 31.9 Å². The number of unbranched alkanes of at least 4 members (excludes halogenated alkanes) is 1. The summed E-state index contributed by atoms with van der Waals surface area (Å²) in [7, 11) is 0. The minimum absolute atomic E-state index is 0.372. The first-order valence-corrected chi connectivity index (χ1v) is 9.12. The number of rotatable bonds is 6. The summed E-state index contributed by atoms with van der Waals surface area (Å²) in [5.74, 6) is -1.34. The molecule has 0 unspecified atom stereocenters. The van der Waals surface area contributed by atoms with Crippen LogP contribution in [0.4, 0.5) is 0 Å². The Morgan fingerprint density at radius 2 is 1.91 bits per heavy atom. The molecule has 1 rings (SSSR count). The van der Waals surface area contributed by atoms with E-state index in [0.29, 0.717) is 21.8 Å². The molecule has 0 fully saturated rings. The number of allylic oxidation sites excluding steroid dienone is 1. The minimum Gasteiger partial charge on any atom is -0.242 e. The fourth-order valence-corrected chi connectivity index (χ4v) is 2.93. The second-order valence-electron chi connectivity index (χ2n) is 4.63. The molecular weight excluding hydrogens is 416 g/mol. The van der Waals surface area contributed by atoms with E-state index in [1.54, 1.807) is 25.1 Å². The Labute approximate surface area is 147 Å². The van der Waals surface area contributed by atoms with Crippen molar-refractivity contribution >= 4 is 43.8 Å². The zero-order valence-corrected chi connectivity index (χ0v) is 15.7. The van der Waals surface area contributed by atoms with Gasteiger partial charge in [-0.25, -0.2) is 19.4 Å². The Balaban J connectivity index is 2.76. The molecule has 0 bridgehead atoms. The first-order valence-electron chi connectivity index (χ1n) is 6.87. The Morgan fingerprint density at radius 3 is 2.50 bits per heavy atom. The largest absolute Gasteiger partial charge is 0.386 e. The maximum Gasteiger partial charge on any atom is 0.386 e. The molecule has 1 aromatic carbocycles. The highest BCUT2D eigenvalue weighted by molar-refractivity contribution is 9.09. The van der Waals surface area contributed by atoms with Crippen molar-refractivity contribution in [3.63, 3.8) is 0 Å². The SMILES string of the molecule is CCCC=C(C)C(=O)OOC(=O)c1cccc(CBr)c1CBr. The maximum atomic E-state index is 12.1. The summed E-state index contributed by atoms with van der Waals surface area (Å²) in [5.41, 5.74) is 2.57. The molecule has 120 valence electrons. The molecular formula is C16H18Br2O4. The van der Waals surface area contributed by atoms with Crippen LogP contribution in [0.15, 0.2) is 29.8 Å². The smallest absolute Gasteiger partial charge is 0.242 e. The van der Waals surface area contributed by atoms with Crippen molar-refractivity contribution in [3.05, 3.63) is 46.5 Å². The molecule has 0 saturated carbocycles. The highest BCUT2D eigenvalue weighted by Crippen LogP contribution is 2.21. The Bertz CT molecular complexity index is 567. The van der Waals surface area contributed by atoms with Crippen LogP contribution in [-0.2, 0) is 25.2 Å². The molecule has 22 heavy (non-hydrogen) atoms.